The van der Waals surface area contributed by atoms with Gasteiger partial charge in [0, 0.05) is 0 Å². The highest BCUT2D eigenvalue weighted by Crippen LogP contribution is 2.22. The minimum atomic E-state index is -0.880. The molecule has 3 N–H and O–H groups in total. The van der Waals surface area contributed by atoms with Gasteiger partial charge < -0.3 is 15.2 Å². The number of aromatic nitrogens is 2. The van der Waals surface area contributed by atoms with Crippen molar-refractivity contribution in [3.05, 3.63) is 48.0 Å². The molecule has 9 heteroatoms. The Morgan fingerprint density at radius 3 is 2.81 bits per heavy atom. The number of carbonyl (C=O) groups is 2. The van der Waals surface area contributed by atoms with Crippen LogP contribution in [0.1, 0.15) is 11.6 Å². The average Bonchev–Trinajstić information content (AvgIpc) is 3.11. The van der Waals surface area contributed by atoms with Gasteiger partial charge >= 0.3 is 5.97 Å². The van der Waals surface area contributed by atoms with Gasteiger partial charge in [-0.3, -0.25) is 10.1 Å². The second kappa shape index (κ2) is 7.89. The lowest BCUT2D eigenvalue weighted by molar-refractivity contribution is -0.143. The Labute approximate surface area is 153 Å². The Kier molecular flexibility index (Phi) is 5.40. The third-order valence-electron chi connectivity index (χ3n) is 3.67. The van der Waals surface area contributed by atoms with Crippen molar-refractivity contribution in [2.45, 2.75) is 6.04 Å². The highest BCUT2D eigenvalue weighted by molar-refractivity contribution is 7.00. The van der Waals surface area contributed by atoms with Crippen LogP contribution in [0.4, 0.5) is 5.69 Å². The number of anilines is 1. The molecule has 0 saturated carbocycles. The first kappa shape index (κ1) is 17.8. The number of esters is 1. The van der Waals surface area contributed by atoms with E-state index in [1.165, 1.54) is 19.2 Å². The number of fused-ring (bicyclic) bond motifs is 1. The van der Waals surface area contributed by atoms with Crippen molar-refractivity contribution >= 4 is 40.3 Å². The molecule has 26 heavy (non-hydrogen) atoms. The summed E-state index contributed by atoms with van der Waals surface area (Å²) in [4.78, 5) is 24.3. The van der Waals surface area contributed by atoms with Crippen molar-refractivity contribution < 1.29 is 19.4 Å². The van der Waals surface area contributed by atoms with Gasteiger partial charge in [-0.15, -0.1) is 0 Å². The van der Waals surface area contributed by atoms with E-state index in [0.29, 0.717) is 22.3 Å². The zero-order valence-electron chi connectivity index (χ0n) is 13.8. The van der Waals surface area contributed by atoms with Crippen LogP contribution in [0.3, 0.4) is 0 Å². The lowest BCUT2D eigenvalue weighted by atomic mass is 10.1. The van der Waals surface area contributed by atoms with E-state index < -0.39 is 12.0 Å². The molecule has 134 valence electrons. The van der Waals surface area contributed by atoms with E-state index in [9.17, 15) is 14.7 Å². The summed E-state index contributed by atoms with van der Waals surface area (Å²) < 4.78 is 13.1. The first-order valence-electron chi connectivity index (χ1n) is 7.70. The maximum absolute atomic E-state index is 12.3. The number of phenolic OH excluding ortho intramolecular Hbond substituents is 1. The normalized spacial score (nSPS) is 11.9. The fourth-order valence-electron chi connectivity index (χ4n) is 2.46. The average molecular weight is 372 g/mol. The van der Waals surface area contributed by atoms with Crippen LogP contribution in [-0.4, -0.2) is 39.4 Å². The molecule has 1 aromatic heterocycles. The predicted octanol–water partition coefficient (Wildman–Crippen LogP) is 1.84. The van der Waals surface area contributed by atoms with E-state index in [1.807, 2.05) is 6.07 Å². The van der Waals surface area contributed by atoms with Crippen LogP contribution < -0.4 is 10.6 Å². The number of ether oxygens (including phenoxy) is 1. The third kappa shape index (κ3) is 3.95. The van der Waals surface area contributed by atoms with Gasteiger partial charge in [-0.1, -0.05) is 18.2 Å². The van der Waals surface area contributed by atoms with Crippen molar-refractivity contribution in [2.75, 3.05) is 19.0 Å². The second-order valence-corrected chi connectivity index (χ2v) is 5.95. The van der Waals surface area contributed by atoms with Crippen LogP contribution in [0.25, 0.3) is 11.0 Å². The summed E-state index contributed by atoms with van der Waals surface area (Å²) in [6, 6.07) is 10.6. The number of benzene rings is 2. The third-order valence-corrected chi connectivity index (χ3v) is 4.21. The van der Waals surface area contributed by atoms with E-state index in [0.717, 1.165) is 11.7 Å². The van der Waals surface area contributed by atoms with E-state index in [4.69, 9.17) is 4.74 Å². The number of nitrogens with one attached hydrogen (secondary N) is 2. The molecule has 0 spiro atoms. The molecule has 2 aromatic carbocycles. The van der Waals surface area contributed by atoms with Gasteiger partial charge in [0.1, 0.15) is 22.8 Å². The topological polar surface area (TPSA) is 113 Å². The number of rotatable bonds is 6. The molecule has 1 amide bonds. The number of hydrogen-bond donors (Lipinski definition) is 3. The maximum Gasteiger partial charge on any atom is 0.327 e. The molecule has 0 bridgehead atoms. The summed E-state index contributed by atoms with van der Waals surface area (Å²) in [7, 11) is 1.26. The minimum absolute atomic E-state index is 0.0189. The molecule has 0 unspecified atom stereocenters. The monoisotopic (exact) mass is 372 g/mol. The van der Waals surface area contributed by atoms with Crippen molar-refractivity contribution in [3.8, 4) is 5.75 Å². The minimum Gasteiger partial charge on any atom is -0.508 e. The lowest BCUT2D eigenvalue weighted by Crippen LogP contribution is -2.35. The Morgan fingerprint density at radius 2 is 2.04 bits per heavy atom. The van der Waals surface area contributed by atoms with E-state index in [-0.39, 0.29) is 18.2 Å². The lowest BCUT2D eigenvalue weighted by Gasteiger charge is -2.17. The largest absolute Gasteiger partial charge is 0.508 e. The Balaban J connectivity index is 1.69. The van der Waals surface area contributed by atoms with Crippen LogP contribution in [0.2, 0.25) is 0 Å². The number of nitrogens with zero attached hydrogens (tertiary/aromatic N) is 2. The molecule has 1 atom stereocenters. The zero-order chi connectivity index (χ0) is 18.5. The highest BCUT2D eigenvalue weighted by atomic mass is 32.1. The van der Waals surface area contributed by atoms with E-state index in [1.54, 1.807) is 24.3 Å². The van der Waals surface area contributed by atoms with Gasteiger partial charge in [0.25, 0.3) is 0 Å². The van der Waals surface area contributed by atoms with Crippen LogP contribution in [0, 0.1) is 0 Å². The smallest absolute Gasteiger partial charge is 0.327 e. The predicted molar refractivity (Wildman–Crippen MR) is 96.9 cm³/mol. The molecule has 0 fully saturated rings. The highest BCUT2D eigenvalue weighted by Gasteiger charge is 2.22. The van der Waals surface area contributed by atoms with Gasteiger partial charge in [-0.05, 0) is 29.8 Å². The summed E-state index contributed by atoms with van der Waals surface area (Å²) in [5.74, 6) is -0.890. The molecule has 3 rings (SSSR count). The quantitative estimate of drug-likeness (QED) is 0.566. The van der Waals surface area contributed by atoms with Gasteiger partial charge in [0.05, 0.1) is 31.1 Å². The first-order chi connectivity index (χ1) is 12.6. The Morgan fingerprint density at radius 1 is 1.23 bits per heavy atom. The van der Waals surface area contributed by atoms with Crippen LogP contribution in [0.15, 0.2) is 42.5 Å². The van der Waals surface area contributed by atoms with Gasteiger partial charge in [-0.2, -0.15) is 8.75 Å². The molecule has 1 heterocycles. The Bertz CT molecular complexity index is 943. The van der Waals surface area contributed by atoms with Crippen LogP contribution in [-0.2, 0) is 14.3 Å². The van der Waals surface area contributed by atoms with Crippen LogP contribution in [0.5, 0.6) is 5.75 Å². The summed E-state index contributed by atoms with van der Waals surface area (Å²) in [6.45, 7) is -0.136. The van der Waals surface area contributed by atoms with Gasteiger partial charge in [0.2, 0.25) is 5.91 Å². The summed E-state index contributed by atoms with van der Waals surface area (Å²) in [6.07, 6.45) is 0. The number of amides is 1. The van der Waals surface area contributed by atoms with Crippen molar-refractivity contribution in [2.24, 2.45) is 0 Å². The zero-order valence-corrected chi connectivity index (χ0v) is 14.6. The number of carbonyl (C=O) groups excluding carboxylic acids is 2. The molecular formula is C17H16N4O4S. The molecular weight excluding hydrogens is 356 g/mol. The molecule has 3 aromatic rings. The standard InChI is InChI=1S/C17H16N4O4S/c1-25-17(24)15(10-4-2-5-11(22)8-10)18-9-14(23)19-12-6-3-7-13-16(12)21-26-20-13/h2-8,15,18,22H,9H2,1H3,(H,19,23)/t15-/m0/s1. The summed E-state index contributed by atoms with van der Waals surface area (Å²) in [5.41, 5.74) is 2.36. The fraction of sp³-hybridized carbons (Fsp3) is 0.176. The van der Waals surface area contributed by atoms with E-state index in [2.05, 4.69) is 19.4 Å². The molecule has 0 saturated heterocycles. The van der Waals surface area contributed by atoms with Crippen LogP contribution >= 0.6 is 11.7 Å². The summed E-state index contributed by atoms with van der Waals surface area (Å²) in [5, 5.41) is 15.2. The maximum atomic E-state index is 12.3. The first-order valence-corrected chi connectivity index (χ1v) is 8.43. The SMILES string of the molecule is COC(=O)[C@@H](NCC(=O)Nc1cccc2nsnc12)c1cccc(O)c1. The van der Waals surface area contributed by atoms with Crippen molar-refractivity contribution in [1.29, 1.82) is 0 Å². The number of phenols is 1. The molecule has 0 aliphatic heterocycles. The van der Waals surface area contributed by atoms with E-state index >= 15 is 0 Å². The molecule has 8 nitrogen and oxygen atoms in total. The van der Waals surface area contributed by atoms with Crippen molar-refractivity contribution in [3.63, 3.8) is 0 Å². The molecule has 0 aliphatic rings. The number of methoxy groups -OCH3 is 1. The van der Waals surface area contributed by atoms with Crippen molar-refractivity contribution in [1.82, 2.24) is 14.1 Å². The Hall–Kier alpha value is -3.04. The fourth-order valence-corrected chi connectivity index (χ4v) is 3.01. The van der Waals surface area contributed by atoms with Gasteiger partial charge in [0.15, 0.2) is 0 Å². The molecule has 0 aliphatic carbocycles. The second-order valence-electron chi connectivity index (χ2n) is 5.42. The van der Waals surface area contributed by atoms with Gasteiger partial charge in [-0.25, -0.2) is 4.79 Å². The number of hydrogen-bond acceptors (Lipinski definition) is 8. The summed E-state index contributed by atoms with van der Waals surface area (Å²) >= 11 is 1.07. The number of aromatic hydroxyl groups is 1. The molecule has 0 radical (unpaired) electrons.